The van der Waals surface area contributed by atoms with E-state index < -0.39 is 0 Å². The van der Waals surface area contributed by atoms with Crippen LogP contribution >= 0.6 is 11.3 Å². The van der Waals surface area contributed by atoms with E-state index in [9.17, 15) is 0 Å². The molecule has 116 valence electrons. The van der Waals surface area contributed by atoms with Crippen molar-refractivity contribution >= 4 is 11.3 Å². The lowest BCUT2D eigenvalue weighted by Crippen LogP contribution is -2.21. The molecule has 2 aromatic heterocycles. The number of hydrogen-bond acceptors (Lipinski definition) is 4. The van der Waals surface area contributed by atoms with E-state index >= 15 is 0 Å². The predicted molar refractivity (Wildman–Crippen MR) is 89.5 cm³/mol. The predicted octanol–water partition coefficient (Wildman–Crippen LogP) is 4.17. The molecule has 0 aliphatic heterocycles. The first-order valence-corrected chi connectivity index (χ1v) is 8.64. The van der Waals surface area contributed by atoms with Crippen molar-refractivity contribution in [3.63, 3.8) is 0 Å². The second-order valence-electron chi connectivity index (χ2n) is 5.35. The first-order valence-electron chi connectivity index (χ1n) is 7.76. The van der Waals surface area contributed by atoms with Crippen molar-refractivity contribution in [2.45, 2.75) is 46.8 Å². The Morgan fingerprint density at radius 2 is 2.14 bits per heavy atom. The van der Waals surface area contributed by atoms with Gasteiger partial charge in [-0.1, -0.05) is 19.9 Å². The number of hydrogen-bond donors (Lipinski definition) is 1. The highest BCUT2D eigenvalue weighted by Crippen LogP contribution is 2.18. The van der Waals surface area contributed by atoms with Gasteiger partial charge in [-0.2, -0.15) is 0 Å². The molecular weight excluding hydrogens is 280 g/mol. The largest absolute Gasteiger partial charge is 0.465 e. The topological polar surface area (TPSA) is 28.4 Å². The Morgan fingerprint density at radius 3 is 2.81 bits per heavy atom. The lowest BCUT2D eigenvalue weighted by atomic mass is 10.2. The Bertz CT molecular complexity index is 519. The van der Waals surface area contributed by atoms with E-state index in [-0.39, 0.29) is 0 Å². The molecule has 0 aromatic carbocycles. The average molecular weight is 306 g/mol. The molecule has 3 nitrogen and oxygen atoms in total. The van der Waals surface area contributed by atoms with Gasteiger partial charge in [0.1, 0.15) is 11.5 Å². The highest BCUT2D eigenvalue weighted by molar-refractivity contribution is 7.09. The van der Waals surface area contributed by atoms with Crippen LogP contribution in [0.15, 0.2) is 28.0 Å². The number of nitrogens with zero attached hydrogens (tertiary/aromatic N) is 1. The van der Waals surface area contributed by atoms with Gasteiger partial charge in [0.15, 0.2) is 0 Å². The van der Waals surface area contributed by atoms with Gasteiger partial charge < -0.3 is 9.73 Å². The second kappa shape index (κ2) is 8.37. The van der Waals surface area contributed by atoms with E-state index in [4.69, 9.17) is 4.42 Å². The van der Waals surface area contributed by atoms with Crippen LogP contribution in [0.1, 0.15) is 42.2 Å². The molecule has 1 N–H and O–H groups in total. The smallest absolute Gasteiger partial charge is 0.118 e. The Morgan fingerprint density at radius 1 is 1.29 bits per heavy atom. The lowest BCUT2D eigenvalue weighted by molar-refractivity contribution is 0.248. The van der Waals surface area contributed by atoms with Gasteiger partial charge in [-0.15, -0.1) is 11.3 Å². The van der Waals surface area contributed by atoms with Crippen molar-refractivity contribution in [2.24, 2.45) is 0 Å². The number of aryl methyl sites for hydroxylation is 1. The Balaban J connectivity index is 1.92. The van der Waals surface area contributed by atoms with Crippen LogP contribution in [0.5, 0.6) is 0 Å². The van der Waals surface area contributed by atoms with Gasteiger partial charge in [-0.05, 0) is 43.9 Å². The number of furan rings is 1. The van der Waals surface area contributed by atoms with Crippen molar-refractivity contribution in [2.75, 3.05) is 13.1 Å². The third-order valence-electron chi connectivity index (χ3n) is 3.60. The molecule has 21 heavy (non-hydrogen) atoms. The van der Waals surface area contributed by atoms with E-state index in [1.807, 2.05) is 11.3 Å². The molecule has 0 atom stereocenters. The lowest BCUT2D eigenvalue weighted by Gasteiger charge is -2.17. The third-order valence-corrected chi connectivity index (χ3v) is 4.46. The summed E-state index contributed by atoms with van der Waals surface area (Å²) in [6.07, 6.45) is 1.16. The van der Waals surface area contributed by atoms with Gasteiger partial charge in [-0.3, -0.25) is 4.90 Å². The highest BCUT2D eigenvalue weighted by atomic mass is 32.1. The summed E-state index contributed by atoms with van der Waals surface area (Å²) in [7, 11) is 0. The minimum Gasteiger partial charge on any atom is -0.465 e. The maximum absolute atomic E-state index is 5.92. The summed E-state index contributed by atoms with van der Waals surface area (Å²) in [4.78, 5) is 3.82. The van der Waals surface area contributed by atoms with Crippen LogP contribution in [0, 0.1) is 6.92 Å². The van der Waals surface area contributed by atoms with E-state index in [1.165, 1.54) is 10.4 Å². The van der Waals surface area contributed by atoms with E-state index in [0.29, 0.717) is 0 Å². The van der Waals surface area contributed by atoms with Crippen molar-refractivity contribution in [3.05, 3.63) is 45.5 Å². The fraction of sp³-hybridized carbons (Fsp3) is 0.529. The van der Waals surface area contributed by atoms with Gasteiger partial charge >= 0.3 is 0 Å². The van der Waals surface area contributed by atoms with E-state index in [1.54, 1.807) is 0 Å². The molecule has 2 rings (SSSR count). The fourth-order valence-electron chi connectivity index (χ4n) is 2.36. The highest BCUT2D eigenvalue weighted by Gasteiger charge is 2.11. The van der Waals surface area contributed by atoms with Crippen LogP contribution in [0.2, 0.25) is 0 Å². The number of rotatable bonds is 9. The molecule has 0 radical (unpaired) electrons. The summed E-state index contributed by atoms with van der Waals surface area (Å²) in [5.41, 5.74) is 1.28. The molecule has 0 saturated carbocycles. The zero-order valence-electron chi connectivity index (χ0n) is 13.3. The van der Waals surface area contributed by atoms with E-state index in [0.717, 1.165) is 50.7 Å². The maximum Gasteiger partial charge on any atom is 0.118 e. The van der Waals surface area contributed by atoms with Crippen LogP contribution in [-0.4, -0.2) is 18.0 Å². The molecule has 0 spiro atoms. The normalized spacial score (nSPS) is 11.4. The monoisotopic (exact) mass is 306 g/mol. The van der Waals surface area contributed by atoms with Crippen LogP contribution in [0.25, 0.3) is 0 Å². The second-order valence-corrected chi connectivity index (χ2v) is 6.39. The molecule has 0 aliphatic carbocycles. The summed E-state index contributed by atoms with van der Waals surface area (Å²) in [6.45, 7) is 11.3. The van der Waals surface area contributed by atoms with Crippen molar-refractivity contribution in [1.29, 1.82) is 0 Å². The molecule has 0 saturated heterocycles. The third kappa shape index (κ3) is 4.99. The first kappa shape index (κ1) is 16.3. The molecule has 0 unspecified atom stereocenters. The minimum absolute atomic E-state index is 0.878. The van der Waals surface area contributed by atoms with E-state index in [2.05, 4.69) is 54.6 Å². The molecular formula is C17H26N2OS. The zero-order valence-corrected chi connectivity index (χ0v) is 14.1. The standard InChI is InChI=1S/C17H26N2OS/c1-4-8-18-11-15-10-16(20-14(15)3)12-19(5-2)13-17-7-6-9-21-17/h6-7,9-10,18H,4-5,8,11-13H2,1-3H3. The van der Waals surface area contributed by atoms with Crippen LogP contribution in [-0.2, 0) is 19.6 Å². The molecule has 0 fully saturated rings. The molecule has 2 heterocycles. The summed E-state index contributed by atoms with van der Waals surface area (Å²) >= 11 is 1.82. The van der Waals surface area contributed by atoms with Gasteiger partial charge in [0, 0.05) is 23.5 Å². The van der Waals surface area contributed by atoms with Gasteiger partial charge in [0.25, 0.3) is 0 Å². The van der Waals surface area contributed by atoms with Gasteiger partial charge in [0.2, 0.25) is 0 Å². The quantitative estimate of drug-likeness (QED) is 0.705. The van der Waals surface area contributed by atoms with Crippen LogP contribution in [0.4, 0.5) is 0 Å². The summed E-state index contributed by atoms with van der Waals surface area (Å²) in [5, 5.41) is 5.57. The molecule has 0 bridgehead atoms. The van der Waals surface area contributed by atoms with Crippen molar-refractivity contribution < 1.29 is 4.42 Å². The number of thiophene rings is 1. The summed E-state index contributed by atoms with van der Waals surface area (Å²) < 4.78 is 5.92. The minimum atomic E-state index is 0.878. The van der Waals surface area contributed by atoms with Gasteiger partial charge in [-0.25, -0.2) is 0 Å². The summed E-state index contributed by atoms with van der Waals surface area (Å²) in [6, 6.07) is 6.51. The fourth-order valence-corrected chi connectivity index (χ4v) is 3.11. The Kier molecular flexibility index (Phi) is 6.49. The zero-order chi connectivity index (χ0) is 15.1. The average Bonchev–Trinajstić information content (AvgIpc) is 3.09. The molecule has 2 aromatic rings. The first-order chi connectivity index (χ1) is 10.2. The van der Waals surface area contributed by atoms with Crippen molar-refractivity contribution in [1.82, 2.24) is 10.2 Å². The van der Waals surface area contributed by atoms with Crippen LogP contribution < -0.4 is 5.32 Å². The maximum atomic E-state index is 5.92. The Labute approximate surface area is 132 Å². The summed E-state index contributed by atoms with van der Waals surface area (Å²) in [5.74, 6) is 2.11. The Hall–Kier alpha value is -1.10. The molecule has 4 heteroatoms. The number of nitrogens with one attached hydrogen (secondary N) is 1. The molecule has 0 amide bonds. The van der Waals surface area contributed by atoms with Gasteiger partial charge in [0.05, 0.1) is 6.54 Å². The molecule has 0 aliphatic rings. The SMILES string of the molecule is CCCNCc1cc(CN(CC)Cc2cccs2)oc1C. The van der Waals surface area contributed by atoms with Crippen LogP contribution in [0.3, 0.4) is 0 Å². The van der Waals surface area contributed by atoms with Crippen molar-refractivity contribution in [3.8, 4) is 0 Å².